The average Bonchev–Trinajstić information content (AvgIpc) is 2.88. The lowest BCUT2D eigenvalue weighted by Gasteiger charge is -2.25. The predicted molar refractivity (Wildman–Crippen MR) is 158 cm³/mol. The molecule has 3 N–H and O–H groups in total. The maximum absolute atomic E-state index is 14.0. The summed E-state index contributed by atoms with van der Waals surface area (Å²) in [5.41, 5.74) is 0.499. The van der Waals surface area contributed by atoms with E-state index in [0.717, 1.165) is 18.0 Å². The van der Waals surface area contributed by atoms with E-state index in [2.05, 4.69) is 10.6 Å². The van der Waals surface area contributed by atoms with Crippen LogP contribution in [-0.4, -0.2) is 67.8 Å². The van der Waals surface area contributed by atoms with E-state index in [1.54, 1.807) is 20.8 Å². The lowest BCUT2D eigenvalue weighted by molar-refractivity contribution is -0.140. The Morgan fingerprint density at radius 3 is 2.38 bits per heavy atom. The lowest BCUT2D eigenvalue weighted by atomic mass is 10.0. The van der Waals surface area contributed by atoms with Gasteiger partial charge in [0.1, 0.15) is 17.6 Å². The number of rotatable bonds is 16. The SMILES string of the molecule is CCOc1ccc(S(C)(=O)=O)cc1CC(=O)N[C@H](C(=O)N[C@@H](CC(=O)O)C(=O)CSCc1c(F)cccc1Cl)C(C)C. The van der Waals surface area contributed by atoms with Crippen LogP contribution in [0.3, 0.4) is 0 Å². The first-order chi connectivity index (χ1) is 19.6. The van der Waals surface area contributed by atoms with E-state index in [4.69, 9.17) is 16.3 Å². The quantitative estimate of drug-likeness (QED) is 0.249. The lowest BCUT2D eigenvalue weighted by Crippen LogP contribution is -2.54. The maximum Gasteiger partial charge on any atom is 0.305 e. The molecule has 2 aromatic carbocycles. The summed E-state index contributed by atoms with van der Waals surface area (Å²) in [6.45, 7) is 5.31. The van der Waals surface area contributed by atoms with Gasteiger partial charge in [0.25, 0.3) is 0 Å². The number of ether oxygens (including phenoxy) is 1. The second kappa shape index (κ2) is 15.9. The molecule has 0 heterocycles. The highest BCUT2D eigenvalue weighted by molar-refractivity contribution is 7.99. The van der Waals surface area contributed by atoms with E-state index in [0.29, 0.717) is 11.3 Å². The molecule has 0 aliphatic heterocycles. The first-order valence-electron chi connectivity index (χ1n) is 12.9. The Morgan fingerprint density at radius 1 is 1.12 bits per heavy atom. The third-order valence-corrected chi connectivity index (χ3v) is 8.46. The van der Waals surface area contributed by atoms with Gasteiger partial charge in [-0.3, -0.25) is 19.2 Å². The molecule has 0 unspecified atom stereocenters. The normalized spacial score (nSPS) is 12.8. The summed E-state index contributed by atoms with van der Waals surface area (Å²) in [6, 6.07) is 5.81. The zero-order chi connectivity index (χ0) is 31.6. The Kier molecular flexibility index (Phi) is 13.3. The number of sulfone groups is 1. The Balaban J connectivity index is 2.13. The van der Waals surface area contributed by atoms with Crippen LogP contribution in [0.5, 0.6) is 5.75 Å². The molecule has 0 aliphatic rings. The van der Waals surface area contributed by atoms with E-state index in [-0.39, 0.29) is 40.0 Å². The molecule has 0 bridgehead atoms. The highest BCUT2D eigenvalue weighted by atomic mass is 35.5. The van der Waals surface area contributed by atoms with Crippen molar-refractivity contribution in [3.05, 3.63) is 58.4 Å². The number of carbonyl (C=O) groups excluding carboxylic acids is 3. The number of nitrogens with one attached hydrogen (secondary N) is 2. The van der Waals surface area contributed by atoms with Crippen molar-refractivity contribution >= 4 is 56.8 Å². The third-order valence-electron chi connectivity index (χ3n) is 6.01. The molecule has 14 heteroatoms. The van der Waals surface area contributed by atoms with Crippen LogP contribution in [0.2, 0.25) is 5.02 Å². The predicted octanol–water partition coefficient (Wildman–Crippen LogP) is 3.43. The number of hydrogen-bond donors (Lipinski definition) is 3. The van der Waals surface area contributed by atoms with Crippen molar-refractivity contribution in [2.75, 3.05) is 18.6 Å². The summed E-state index contributed by atoms with van der Waals surface area (Å²) >= 11 is 7.03. The molecule has 2 atom stereocenters. The maximum atomic E-state index is 14.0. The Bertz CT molecular complexity index is 1400. The zero-order valence-electron chi connectivity index (χ0n) is 23.6. The van der Waals surface area contributed by atoms with Crippen LogP contribution in [0.25, 0.3) is 0 Å². The highest BCUT2D eigenvalue weighted by Gasteiger charge is 2.30. The van der Waals surface area contributed by atoms with Crippen LogP contribution in [0, 0.1) is 11.7 Å². The minimum absolute atomic E-state index is 0.00271. The fourth-order valence-corrected chi connectivity index (χ4v) is 5.84. The summed E-state index contributed by atoms with van der Waals surface area (Å²) in [5, 5.41) is 14.5. The number of carboxylic acid groups (broad SMARTS) is 1. The van der Waals surface area contributed by atoms with Crippen molar-refractivity contribution in [2.24, 2.45) is 5.92 Å². The monoisotopic (exact) mass is 644 g/mol. The van der Waals surface area contributed by atoms with Crippen LogP contribution in [0.1, 0.15) is 38.3 Å². The van der Waals surface area contributed by atoms with Gasteiger partial charge in [0.05, 0.1) is 36.1 Å². The van der Waals surface area contributed by atoms with Crippen LogP contribution in [-0.2, 0) is 41.2 Å². The van der Waals surface area contributed by atoms with Gasteiger partial charge >= 0.3 is 5.97 Å². The summed E-state index contributed by atoms with van der Waals surface area (Å²) in [4.78, 5) is 50.4. The molecule has 2 aromatic rings. The molecule has 0 saturated heterocycles. The largest absolute Gasteiger partial charge is 0.494 e. The van der Waals surface area contributed by atoms with Crippen LogP contribution >= 0.6 is 23.4 Å². The molecular formula is C28H34ClFN2O8S2. The van der Waals surface area contributed by atoms with E-state index in [9.17, 15) is 37.1 Å². The van der Waals surface area contributed by atoms with Gasteiger partial charge in [-0.15, -0.1) is 11.8 Å². The number of thioether (sulfide) groups is 1. The zero-order valence-corrected chi connectivity index (χ0v) is 26.0. The molecule has 0 radical (unpaired) electrons. The molecule has 0 saturated carbocycles. The number of carbonyl (C=O) groups is 4. The van der Waals surface area contributed by atoms with E-state index < -0.39 is 63.6 Å². The van der Waals surface area contributed by atoms with Gasteiger partial charge in [-0.05, 0) is 43.2 Å². The van der Waals surface area contributed by atoms with Gasteiger partial charge in [0, 0.05) is 28.2 Å². The smallest absolute Gasteiger partial charge is 0.305 e. The molecule has 2 amide bonds. The number of aliphatic carboxylic acids is 1. The molecule has 0 spiro atoms. The molecule has 0 aliphatic carbocycles. The van der Waals surface area contributed by atoms with Gasteiger partial charge in [-0.2, -0.15) is 0 Å². The van der Waals surface area contributed by atoms with E-state index in [1.165, 1.54) is 36.4 Å². The average molecular weight is 645 g/mol. The number of amides is 2. The number of Topliss-reactive ketones (excluding diaryl/α,β-unsaturated/α-hetero) is 1. The summed E-state index contributed by atoms with van der Waals surface area (Å²) in [5.74, 6) is -4.16. The van der Waals surface area contributed by atoms with Crippen LogP contribution in [0.15, 0.2) is 41.3 Å². The van der Waals surface area contributed by atoms with Crippen molar-refractivity contribution < 1.29 is 41.8 Å². The topological polar surface area (TPSA) is 156 Å². The molecule has 10 nitrogen and oxygen atoms in total. The van der Waals surface area contributed by atoms with Crippen molar-refractivity contribution in [1.82, 2.24) is 10.6 Å². The highest BCUT2D eigenvalue weighted by Crippen LogP contribution is 2.25. The minimum atomic E-state index is -3.56. The molecule has 2 rings (SSSR count). The Morgan fingerprint density at radius 2 is 1.81 bits per heavy atom. The van der Waals surface area contributed by atoms with Gasteiger partial charge in [-0.1, -0.05) is 31.5 Å². The fourth-order valence-electron chi connectivity index (χ4n) is 3.86. The Hall–Kier alpha value is -3.16. The number of halogens is 2. The van der Waals surface area contributed by atoms with Gasteiger partial charge in [0.15, 0.2) is 15.6 Å². The molecule has 0 aromatic heterocycles. The number of carboxylic acids is 1. The molecule has 42 heavy (non-hydrogen) atoms. The third kappa shape index (κ3) is 10.6. The van der Waals surface area contributed by atoms with Gasteiger partial charge < -0.3 is 20.5 Å². The second-order valence-corrected chi connectivity index (χ2v) is 13.2. The molecule has 230 valence electrons. The van der Waals surface area contributed by atoms with Crippen molar-refractivity contribution in [1.29, 1.82) is 0 Å². The number of benzene rings is 2. The Labute approximate surface area is 253 Å². The van der Waals surface area contributed by atoms with Crippen molar-refractivity contribution in [2.45, 2.75) is 56.3 Å². The number of ketones is 1. The van der Waals surface area contributed by atoms with E-state index in [1.807, 2.05) is 0 Å². The van der Waals surface area contributed by atoms with Crippen LogP contribution < -0.4 is 15.4 Å². The first-order valence-corrected chi connectivity index (χ1v) is 16.4. The molecular weight excluding hydrogens is 611 g/mol. The summed E-state index contributed by atoms with van der Waals surface area (Å²) < 4.78 is 43.6. The first kappa shape index (κ1) is 35.0. The van der Waals surface area contributed by atoms with E-state index >= 15 is 0 Å². The van der Waals surface area contributed by atoms with Gasteiger partial charge in [-0.25, -0.2) is 12.8 Å². The fraction of sp³-hybridized carbons (Fsp3) is 0.429. The van der Waals surface area contributed by atoms with Crippen molar-refractivity contribution in [3.63, 3.8) is 0 Å². The standard InChI is InChI=1S/C28H34ClFN2O8S2/c1-5-40-24-10-9-18(42(4,38)39)11-17(24)12-25(34)32-27(16(2)3)28(37)31-22(13-26(35)36)23(33)15-41-14-19-20(29)7-6-8-21(19)30/h6-11,16,22,27H,5,12-15H2,1-4H3,(H,31,37)(H,32,34)(H,35,36)/t22-,27-/m0/s1. The summed E-state index contributed by atoms with van der Waals surface area (Å²) in [6.07, 6.45) is 0.0381. The molecule has 0 fully saturated rings. The van der Waals surface area contributed by atoms with Crippen LogP contribution in [0.4, 0.5) is 4.39 Å². The van der Waals surface area contributed by atoms with Gasteiger partial charge in [0.2, 0.25) is 11.8 Å². The second-order valence-electron chi connectivity index (χ2n) is 9.76. The van der Waals surface area contributed by atoms with Crippen molar-refractivity contribution in [3.8, 4) is 5.75 Å². The minimum Gasteiger partial charge on any atom is -0.494 e. The summed E-state index contributed by atoms with van der Waals surface area (Å²) in [7, 11) is -3.56. The number of hydrogen-bond acceptors (Lipinski definition) is 8.